The molecule has 0 aromatic rings. The molecule has 1 aliphatic rings. The van der Waals surface area contributed by atoms with Gasteiger partial charge in [0, 0.05) is 32.5 Å². The largest absolute Gasteiger partial charge is 0.353 e. The molecule has 1 rings (SSSR count). The molecular weight excluding hydrogens is 340 g/mol. The van der Waals surface area contributed by atoms with E-state index in [2.05, 4.69) is 11.2 Å². The Hall–Kier alpha value is -1.45. The summed E-state index contributed by atoms with van der Waals surface area (Å²) in [5, 5.41) is 16.3. The number of rotatable bonds is 0. The van der Waals surface area contributed by atoms with E-state index >= 15 is 0 Å². The van der Waals surface area contributed by atoms with E-state index < -0.39 is 0 Å². The summed E-state index contributed by atoms with van der Waals surface area (Å²) in [5.41, 5.74) is 0.673. The monoisotopic (exact) mass is 346 g/mol. The van der Waals surface area contributed by atoms with Gasteiger partial charge in [0.1, 0.15) is 11.6 Å². The van der Waals surface area contributed by atoms with Gasteiger partial charge in [-0.25, -0.2) is 4.79 Å². The van der Waals surface area contributed by atoms with Gasteiger partial charge in [-0.2, -0.15) is 0 Å². The Bertz CT molecular complexity index is 392. The van der Waals surface area contributed by atoms with Crippen molar-refractivity contribution in [3.05, 3.63) is 29.1 Å². The summed E-state index contributed by atoms with van der Waals surface area (Å²) >= 11 is 0. The standard InChI is InChI=1S/C8H5N3O.Re/c9-3-7-6(5-12)1-2-11-8(7)4-10;/h1-2,9-11H;. The molecule has 0 aromatic heterocycles. The molecular formula is C8H5N3ORe. The third kappa shape index (κ3) is 2.24. The van der Waals surface area contributed by atoms with Crippen molar-refractivity contribution in [3.63, 3.8) is 0 Å². The third-order valence-corrected chi connectivity index (χ3v) is 1.36. The Labute approximate surface area is 88.4 Å². The van der Waals surface area contributed by atoms with Crippen LogP contribution in [0.3, 0.4) is 0 Å². The van der Waals surface area contributed by atoms with Crippen LogP contribution in [0.15, 0.2) is 29.1 Å². The van der Waals surface area contributed by atoms with Crippen molar-refractivity contribution in [1.29, 1.82) is 10.8 Å². The predicted molar refractivity (Wildman–Crippen MR) is 44.0 cm³/mol. The van der Waals surface area contributed by atoms with Gasteiger partial charge in [-0.05, 0) is 11.9 Å². The van der Waals surface area contributed by atoms with E-state index in [1.54, 1.807) is 5.94 Å². The quantitative estimate of drug-likeness (QED) is 0.432. The van der Waals surface area contributed by atoms with Crippen LogP contribution in [0.1, 0.15) is 0 Å². The molecule has 65 valence electrons. The van der Waals surface area contributed by atoms with E-state index in [0.29, 0.717) is 0 Å². The third-order valence-electron chi connectivity index (χ3n) is 1.36. The number of allylic oxidation sites excluding steroid dienone is 2. The summed E-state index contributed by atoms with van der Waals surface area (Å²) in [6, 6.07) is 0. The molecule has 3 N–H and O–H groups in total. The fourth-order valence-corrected chi connectivity index (χ4v) is 0.812. The first-order valence-corrected chi connectivity index (χ1v) is 3.11. The van der Waals surface area contributed by atoms with E-state index in [1.165, 1.54) is 12.3 Å². The summed E-state index contributed by atoms with van der Waals surface area (Å²) in [7, 11) is 0. The van der Waals surface area contributed by atoms with E-state index in [9.17, 15) is 4.79 Å². The van der Waals surface area contributed by atoms with Crippen LogP contribution in [0, 0.1) is 10.8 Å². The van der Waals surface area contributed by atoms with Crippen LogP contribution in [0.4, 0.5) is 0 Å². The maximum Gasteiger partial charge on any atom is 0.133 e. The van der Waals surface area contributed by atoms with Crippen LogP contribution < -0.4 is 5.32 Å². The zero-order valence-electron chi connectivity index (χ0n) is 6.44. The zero-order chi connectivity index (χ0) is 8.97. The van der Waals surface area contributed by atoms with E-state index in [-0.39, 0.29) is 37.3 Å². The van der Waals surface area contributed by atoms with Gasteiger partial charge < -0.3 is 5.32 Å². The fourth-order valence-electron chi connectivity index (χ4n) is 0.812. The molecule has 0 spiro atoms. The van der Waals surface area contributed by atoms with Crippen molar-refractivity contribution in [2.45, 2.75) is 0 Å². The van der Waals surface area contributed by atoms with Gasteiger partial charge in [0.2, 0.25) is 0 Å². The molecule has 0 atom stereocenters. The molecule has 0 saturated carbocycles. The summed E-state index contributed by atoms with van der Waals surface area (Å²) < 4.78 is 0. The van der Waals surface area contributed by atoms with Crippen LogP contribution in [0.25, 0.3) is 0 Å². The van der Waals surface area contributed by atoms with Crippen molar-refractivity contribution in [1.82, 2.24) is 5.32 Å². The summed E-state index contributed by atoms with van der Waals surface area (Å²) in [6.07, 6.45) is 2.95. The van der Waals surface area contributed by atoms with Crippen LogP contribution in [0.5, 0.6) is 0 Å². The number of hydrogen-bond donors (Lipinski definition) is 3. The molecule has 0 saturated heterocycles. The maximum absolute atomic E-state index is 10.3. The van der Waals surface area contributed by atoms with Crippen LogP contribution in [-0.2, 0) is 25.2 Å². The molecule has 0 unspecified atom stereocenters. The Kier molecular flexibility index (Phi) is 4.66. The van der Waals surface area contributed by atoms with Crippen molar-refractivity contribution >= 4 is 17.7 Å². The predicted octanol–water partition coefficient (Wildman–Crippen LogP) is 0.166. The molecule has 1 heterocycles. The smallest absolute Gasteiger partial charge is 0.133 e. The number of hydrogen-bond acceptors (Lipinski definition) is 4. The minimum atomic E-state index is 0. The second-order valence-corrected chi connectivity index (χ2v) is 1.99. The molecule has 4 nitrogen and oxygen atoms in total. The molecule has 0 aromatic carbocycles. The minimum Gasteiger partial charge on any atom is -0.353 e. The van der Waals surface area contributed by atoms with Crippen molar-refractivity contribution in [2.24, 2.45) is 0 Å². The molecule has 1 radical (unpaired) electrons. The molecule has 0 bridgehead atoms. The van der Waals surface area contributed by atoms with E-state index in [0.717, 1.165) is 0 Å². The average Bonchev–Trinajstić information content (AvgIpc) is 2.16. The first-order valence-electron chi connectivity index (χ1n) is 3.11. The van der Waals surface area contributed by atoms with Gasteiger partial charge in [-0.3, -0.25) is 10.8 Å². The van der Waals surface area contributed by atoms with Crippen molar-refractivity contribution in [3.8, 4) is 0 Å². The fraction of sp³-hybridized carbons (Fsp3) is 0. The number of carbonyl (C=O) groups excluding carboxylic acids is 1. The van der Waals surface area contributed by atoms with E-state index in [4.69, 9.17) is 10.8 Å². The summed E-state index contributed by atoms with van der Waals surface area (Å²) in [5.74, 6) is 5.74. The Morgan fingerprint density at radius 2 is 2.00 bits per heavy atom. The Morgan fingerprint density at radius 3 is 2.46 bits per heavy atom. The average molecular weight is 345 g/mol. The van der Waals surface area contributed by atoms with Crippen molar-refractivity contribution < 1.29 is 25.2 Å². The van der Waals surface area contributed by atoms with E-state index in [1.807, 2.05) is 5.87 Å². The molecule has 0 amide bonds. The van der Waals surface area contributed by atoms with Gasteiger partial charge in [0.05, 0.1) is 11.1 Å². The summed E-state index contributed by atoms with van der Waals surface area (Å²) in [6.45, 7) is 0. The molecule has 13 heavy (non-hydrogen) atoms. The second-order valence-electron chi connectivity index (χ2n) is 1.99. The van der Waals surface area contributed by atoms with Crippen LogP contribution >= 0.6 is 0 Å². The molecule has 1 aliphatic heterocycles. The second kappa shape index (κ2) is 5.24. The zero-order valence-corrected chi connectivity index (χ0v) is 9.16. The van der Waals surface area contributed by atoms with Gasteiger partial charge >= 0.3 is 0 Å². The van der Waals surface area contributed by atoms with Crippen LogP contribution in [-0.4, -0.2) is 17.7 Å². The molecule has 0 fully saturated rings. The van der Waals surface area contributed by atoms with Crippen molar-refractivity contribution in [2.75, 3.05) is 0 Å². The topological polar surface area (TPSA) is 76.8 Å². The van der Waals surface area contributed by atoms with Gasteiger partial charge in [-0.15, -0.1) is 0 Å². The number of nitrogens with one attached hydrogen (secondary N) is 3. The first-order chi connectivity index (χ1) is 5.83. The normalized spacial score (nSPS) is 13.4. The van der Waals surface area contributed by atoms with Gasteiger partial charge in [0.25, 0.3) is 0 Å². The molecule has 0 aliphatic carbocycles. The first kappa shape index (κ1) is 11.6. The minimum absolute atomic E-state index is 0. The molecule has 5 heteroatoms. The summed E-state index contributed by atoms with van der Waals surface area (Å²) in [4.78, 5) is 10.3. The van der Waals surface area contributed by atoms with Crippen LogP contribution in [0.2, 0.25) is 0 Å². The van der Waals surface area contributed by atoms with Gasteiger partial charge in [0.15, 0.2) is 0 Å². The SMILES string of the molecule is N=C=C1NC=CC(=C=O)C1=C=N.[Re]. The Balaban J connectivity index is 0.00000144. The Morgan fingerprint density at radius 1 is 1.31 bits per heavy atom. The maximum atomic E-state index is 10.3. The van der Waals surface area contributed by atoms with Gasteiger partial charge in [-0.1, -0.05) is 0 Å².